The van der Waals surface area contributed by atoms with E-state index >= 15 is 0 Å². The number of unbranched alkanes of at least 4 members (excludes halogenated alkanes) is 1. The molecule has 1 rings (SSSR count). The third-order valence-corrected chi connectivity index (χ3v) is 4.27. The molecule has 0 aromatic carbocycles. The van der Waals surface area contributed by atoms with E-state index in [-0.39, 0.29) is 0 Å². The van der Waals surface area contributed by atoms with Crippen molar-refractivity contribution in [3.63, 3.8) is 0 Å². The normalized spacial score (nSPS) is 35.6. The van der Waals surface area contributed by atoms with E-state index in [0.29, 0.717) is 5.41 Å². The second kappa shape index (κ2) is 6.48. The fourth-order valence-corrected chi connectivity index (χ4v) is 2.65. The second-order valence-corrected chi connectivity index (χ2v) is 4.90. The topological polar surface area (TPSA) is 0 Å². The third kappa shape index (κ3) is 3.00. The largest absolute Gasteiger partial charge is 0.0683 e. The minimum absolute atomic E-state index is 0.693. The molecule has 0 saturated heterocycles. The average molecular weight is 198 g/mol. The zero-order valence-corrected chi connectivity index (χ0v) is 11.2. The highest BCUT2D eigenvalue weighted by Gasteiger charge is 2.45. The van der Waals surface area contributed by atoms with E-state index in [0.717, 1.165) is 11.8 Å². The summed E-state index contributed by atoms with van der Waals surface area (Å²) in [5.74, 6) is 2.03. The Balaban J connectivity index is 0.000000791. The maximum Gasteiger partial charge on any atom is -0.0297 e. The number of hydrogen-bond acceptors (Lipinski definition) is 0. The Labute approximate surface area is 91.5 Å². The van der Waals surface area contributed by atoms with E-state index in [1.807, 2.05) is 13.8 Å². The molecule has 14 heavy (non-hydrogen) atoms. The van der Waals surface area contributed by atoms with Crippen LogP contribution in [0.15, 0.2) is 0 Å². The van der Waals surface area contributed by atoms with E-state index in [9.17, 15) is 0 Å². The molecule has 0 spiro atoms. The van der Waals surface area contributed by atoms with Crippen LogP contribution in [0.1, 0.15) is 73.6 Å². The molecule has 0 aromatic heterocycles. The first-order valence-electron chi connectivity index (χ1n) is 6.64. The summed E-state index contributed by atoms with van der Waals surface area (Å²) in [6.45, 7) is 13.5. The molecule has 1 aliphatic carbocycles. The van der Waals surface area contributed by atoms with Crippen LogP contribution in [0.5, 0.6) is 0 Å². The van der Waals surface area contributed by atoms with Crippen LogP contribution in [-0.4, -0.2) is 0 Å². The zero-order valence-electron chi connectivity index (χ0n) is 11.2. The predicted octanol–water partition coefficient (Wildman–Crippen LogP) is 5.28. The summed E-state index contributed by atoms with van der Waals surface area (Å²) in [5, 5.41) is 0. The van der Waals surface area contributed by atoms with Crippen LogP contribution >= 0.6 is 0 Å². The third-order valence-electron chi connectivity index (χ3n) is 4.27. The minimum atomic E-state index is 0.693. The molecule has 0 bridgehead atoms. The maximum atomic E-state index is 2.46. The molecule has 0 N–H and O–H groups in total. The van der Waals surface area contributed by atoms with Gasteiger partial charge in [0.1, 0.15) is 0 Å². The fraction of sp³-hybridized carbons (Fsp3) is 1.00. The lowest BCUT2D eigenvalue weighted by atomic mass is 9.53. The molecular weight excluding hydrogens is 168 g/mol. The number of hydrogen-bond donors (Lipinski definition) is 0. The molecule has 0 heteroatoms. The lowest BCUT2D eigenvalue weighted by molar-refractivity contribution is -0.0233. The van der Waals surface area contributed by atoms with Crippen LogP contribution in [0.2, 0.25) is 0 Å². The molecule has 0 amide bonds. The lowest BCUT2D eigenvalue weighted by Gasteiger charge is -2.52. The summed E-state index contributed by atoms with van der Waals surface area (Å²) in [5.41, 5.74) is 0.693. The highest BCUT2D eigenvalue weighted by molar-refractivity contribution is 4.95. The molecule has 0 radical (unpaired) electrons. The smallest absolute Gasteiger partial charge is 0.0297 e. The predicted molar refractivity (Wildman–Crippen MR) is 66.5 cm³/mol. The fourth-order valence-electron chi connectivity index (χ4n) is 2.65. The molecule has 1 fully saturated rings. The summed E-state index contributed by atoms with van der Waals surface area (Å²) in [7, 11) is 0. The van der Waals surface area contributed by atoms with E-state index in [2.05, 4.69) is 27.7 Å². The van der Waals surface area contributed by atoms with Crippen LogP contribution in [0, 0.1) is 17.3 Å². The van der Waals surface area contributed by atoms with Crippen molar-refractivity contribution in [2.24, 2.45) is 17.3 Å². The Morgan fingerprint density at radius 1 is 1.21 bits per heavy atom. The van der Waals surface area contributed by atoms with Gasteiger partial charge in [-0.3, -0.25) is 0 Å². The van der Waals surface area contributed by atoms with Crippen molar-refractivity contribution in [3.8, 4) is 0 Å². The van der Waals surface area contributed by atoms with Gasteiger partial charge in [0.25, 0.3) is 0 Å². The summed E-state index contributed by atoms with van der Waals surface area (Å²) < 4.78 is 0. The molecule has 3 atom stereocenters. The Morgan fingerprint density at radius 2 is 1.79 bits per heavy atom. The standard InChI is InChI=1S/C12H24.C2H6/c1-5-7-8-11-9-12(4,6-2)10(11)3;1-2/h10-11H,5-9H2,1-4H3;1-2H3. The molecule has 0 nitrogen and oxygen atoms in total. The molecule has 0 aromatic rings. The molecule has 1 aliphatic rings. The summed E-state index contributed by atoms with van der Waals surface area (Å²) in [4.78, 5) is 0. The number of rotatable bonds is 4. The van der Waals surface area contributed by atoms with Gasteiger partial charge in [-0.05, 0) is 23.7 Å². The van der Waals surface area contributed by atoms with Gasteiger partial charge in [-0.25, -0.2) is 0 Å². The molecule has 86 valence electrons. The molecule has 1 saturated carbocycles. The van der Waals surface area contributed by atoms with Crippen molar-refractivity contribution in [2.45, 2.75) is 73.6 Å². The van der Waals surface area contributed by atoms with E-state index in [1.165, 1.54) is 32.1 Å². The maximum absolute atomic E-state index is 2.46. The van der Waals surface area contributed by atoms with Crippen LogP contribution in [0.25, 0.3) is 0 Å². The lowest BCUT2D eigenvalue weighted by Crippen LogP contribution is -2.43. The SMILES string of the molecule is CC.CCCCC1CC(C)(CC)C1C. The summed E-state index contributed by atoms with van der Waals surface area (Å²) >= 11 is 0. The van der Waals surface area contributed by atoms with Gasteiger partial charge in [-0.15, -0.1) is 0 Å². The first-order chi connectivity index (χ1) is 6.64. The quantitative estimate of drug-likeness (QED) is 0.577. The Hall–Kier alpha value is 0. The van der Waals surface area contributed by atoms with Crippen molar-refractivity contribution in [3.05, 3.63) is 0 Å². The minimum Gasteiger partial charge on any atom is -0.0683 e. The Morgan fingerprint density at radius 3 is 2.14 bits per heavy atom. The van der Waals surface area contributed by atoms with E-state index in [4.69, 9.17) is 0 Å². The summed E-state index contributed by atoms with van der Waals surface area (Å²) in [6, 6.07) is 0. The Kier molecular flexibility index (Phi) is 6.48. The molecule has 0 heterocycles. The van der Waals surface area contributed by atoms with Crippen molar-refractivity contribution < 1.29 is 0 Å². The second-order valence-electron chi connectivity index (χ2n) is 4.90. The van der Waals surface area contributed by atoms with E-state index < -0.39 is 0 Å². The van der Waals surface area contributed by atoms with Gasteiger partial charge in [0, 0.05) is 0 Å². The summed E-state index contributed by atoms with van der Waals surface area (Å²) in [6.07, 6.45) is 7.15. The van der Waals surface area contributed by atoms with Crippen LogP contribution in [-0.2, 0) is 0 Å². The van der Waals surface area contributed by atoms with Gasteiger partial charge in [0.15, 0.2) is 0 Å². The van der Waals surface area contributed by atoms with Crippen molar-refractivity contribution >= 4 is 0 Å². The van der Waals surface area contributed by atoms with Crippen LogP contribution in [0.4, 0.5) is 0 Å². The molecule has 3 unspecified atom stereocenters. The van der Waals surface area contributed by atoms with Crippen molar-refractivity contribution in [1.29, 1.82) is 0 Å². The van der Waals surface area contributed by atoms with Gasteiger partial charge < -0.3 is 0 Å². The zero-order chi connectivity index (χ0) is 11.2. The average Bonchev–Trinajstić information content (AvgIpc) is 2.25. The van der Waals surface area contributed by atoms with Gasteiger partial charge in [0.2, 0.25) is 0 Å². The van der Waals surface area contributed by atoms with Crippen molar-refractivity contribution in [1.82, 2.24) is 0 Å². The first kappa shape index (κ1) is 14.0. The van der Waals surface area contributed by atoms with Gasteiger partial charge in [-0.2, -0.15) is 0 Å². The van der Waals surface area contributed by atoms with Crippen LogP contribution in [0.3, 0.4) is 0 Å². The van der Waals surface area contributed by atoms with E-state index in [1.54, 1.807) is 0 Å². The van der Waals surface area contributed by atoms with Crippen LogP contribution < -0.4 is 0 Å². The van der Waals surface area contributed by atoms with Crippen molar-refractivity contribution in [2.75, 3.05) is 0 Å². The molecular formula is C14H30. The van der Waals surface area contributed by atoms with Gasteiger partial charge in [-0.1, -0.05) is 67.2 Å². The Bertz CT molecular complexity index is 139. The monoisotopic (exact) mass is 198 g/mol. The van der Waals surface area contributed by atoms with Gasteiger partial charge in [0.05, 0.1) is 0 Å². The molecule has 0 aliphatic heterocycles. The van der Waals surface area contributed by atoms with Gasteiger partial charge >= 0.3 is 0 Å². The highest BCUT2D eigenvalue weighted by atomic mass is 14.5. The first-order valence-corrected chi connectivity index (χ1v) is 6.64. The highest BCUT2D eigenvalue weighted by Crippen LogP contribution is 2.54.